The molecular weight excluding hydrogens is 449 g/mol. The number of carbonyl (C=O) groups excluding carboxylic acids is 2. The number of hydrogen-bond donors (Lipinski definition) is 2. The zero-order chi connectivity index (χ0) is 23.0. The summed E-state index contributed by atoms with van der Waals surface area (Å²) in [7, 11) is 0. The fourth-order valence-electron chi connectivity index (χ4n) is 3.43. The highest BCUT2D eigenvalue weighted by atomic mass is 32.1. The first kappa shape index (κ1) is 21.7. The molecule has 0 radical (unpaired) electrons. The van der Waals surface area contributed by atoms with Crippen LogP contribution in [0.3, 0.4) is 0 Å². The van der Waals surface area contributed by atoms with E-state index in [1.807, 2.05) is 0 Å². The summed E-state index contributed by atoms with van der Waals surface area (Å²) in [5.74, 6) is -1.04. The summed E-state index contributed by atoms with van der Waals surface area (Å²) in [5.41, 5.74) is 1.16. The van der Waals surface area contributed by atoms with E-state index in [1.165, 1.54) is 10.7 Å². The molecule has 0 atom stereocenters. The van der Waals surface area contributed by atoms with E-state index in [1.54, 1.807) is 30.0 Å². The van der Waals surface area contributed by atoms with Crippen molar-refractivity contribution in [3.05, 3.63) is 51.8 Å². The fourth-order valence-corrected chi connectivity index (χ4v) is 4.04. The number of fused-ring (bicyclic) bond motifs is 1. The van der Waals surface area contributed by atoms with E-state index < -0.39 is 17.1 Å². The Hall–Kier alpha value is -3.48. The molecule has 168 valence electrons. The topological polar surface area (TPSA) is 113 Å². The first-order valence-corrected chi connectivity index (χ1v) is 10.4. The van der Waals surface area contributed by atoms with Crippen LogP contribution in [0.5, 0.6) is 5.75 Å². The van der Waals surface area contributed by atoms with Crippen LogP contribution in [0.15, 0.2) is 24.3 Å². The minimum atomic E-state index is -4.66. The molecule has 0 spiro atoms. The summed E-state index contributed by atoms with van der Waals surface area (Å²) >= 11 is 0.202. The van der Waals surface area contributed by atoms with Crippen LogP contribution in [0.25, 0.3) is 0 Å². The molecule has 1 aliphatic rings. The number of hydrogen-bond acceptors (Lipinski definition) is 7. The summed E-state index contributed by atoms with van der Waals surface area (Å²) in [6, 6.07) is 6.68. The smallest absolute Gasteiger partial charge is 0.445 e. The number of nitrogens with one attached hydrogen (secondary N) is 1. The molecule has 0 fully saturated rings. The normalized spacial score (nSPS) is 13.9. The first-order chi connectivity index (χ1) is 15.2. The van der Waals surface area contributed by atoms with Gasteiger partial charge in [-0.3, -0.25) is 19.6 Å². The van der Waals surface area contributed by atoms with Crippen molar-refractivity contribution in [3.63, 3.8) is 0 Å². The lowest BCUT2D eigenvalue weighted by Gasteiger charge is -2.28. The number of para-hydroxylation sites is 1. The van der Waals surface area contributed by atoms with Crippen LogP contribution in [0.4, 0.5) is 18.3 Å². The first-order valence-electron chi connectivity index (χ1n) is 9.57. The molecule has 4 rings (SSSR count). The number of rotatable bonds is 5. The van der Waals surface area contributed by atoms with Crippen molar-refractivity contribution in [2.45, 2.75) is 32.6 Å². The van der Waals surface area contributed by atoms with E-state index in [4.69, 9.17) is 0 Å². The number of nitrogens with zero attached hydrogens (tertiary/aromatic N) is 5. The molecule has 0 aliphatic carbocycles. The van der Waals surface area contributed by atoms with Gasteiger partial charge in [-0.25, -0.2) is 0 Å². The third kappa shape index (κ3) is 4.02. The van der Waals surface area contributed by atoms with Gasteiger partial charge in [0.2, 0.25) is 10.1 Å². The van der Waals surface area contributed by atoms with Crippen molar-refractivity contribution in [2.24, 2.45) is 0 Å². The van der Waals surface area contributed by atoms with Crippen molar-refractivity contribution < 1.29 is 27.9 Å². The molecule has 0 saturated carbocycles. The highest BCUT2D eigenvalue weighted by Gasteiger charge is 2.36. The van der Waals surface area contributed by atoms with Crippen LogP contribution < -0.4 is 5.32 Å². The Balaban J connectivity index is 1.58. The Bertz CT molecular complexity index is 1190. The molecule has 0 bridgehead atoms. The monoisotopic (exact) mass is 466 g/mol. The zero-order valence-corrected chi connectivity index (χ0v) is 17.5. The standard InChI is InChI=1S/C19H17F3N6O3S/c1-2-11-13(15(30)23-18-25-24-17(32-18)19(20,21)22)26-28-8-7-27(16(31)14(11)28)9-10-5-3-4-6-12(10)29/h3-6,29H,2,7-9H2,1H3,(H,23,25,30). The van der Waals surface area contributed by atoms with E-state index in [0.717, 1.165) is 0 Å². The van der Waals surface area contributed by atoms with Gasteiger partial charge in [0, 0.05) is 24.2 Å². The maximum absolute atomic E-state index is 13.1. The highest BCUT2D eigenvalue weighted by molar-refractivity contribution is 7.15. The minimum Gasteiger partial charge on any atom is -0.508 e. The third-order valence-corrected chi connectivity index (χ3v) is 5.81. The maximum Gasteiger partial charge on any atom is 0.445 e. The third-order valence-electron chi connectivity index (χ3n) is 4.93. The van der Waals surface area contributed by atoms with Gasteiger partial charge in [-0.15, -0.1) is 10.2 Å². The van der Waals surface area contributed by atoms with Gasteiger partial charge in [-0.1, -0.05) is 36.5 Å². The summed E-state index contributed by atoms with van der Waals surface area (Å²) in [6.07, 6.45) is -4.36. The van der Waals surface area contributed by atoms with Gasteiger partial charge >= 0.3 is 6.18 Å². The van der Waals surface area contributed by atoms with Crippen LogP contribution in [-0.2, 0) is 25.7 Å². The zero-order valence-electron chi connectivity index (χ0n) is 16.7. The number of benzene rings is 1. The lowest BCUT2D eigenvalue weighted by atomic mass is 10.1. The summed E-state index contributed by atoms with van der Waals surface area (Å²) in [5, 5.41) is 21.4. The number of carbonyl (C=O) groups is 2. The Kier molecular flexibility index (Phi) is 5.59. The number of alkyl halides is 3. The van der Waals surface area contributed by atoms with Gasteiger partial charge in [0.1, 0.15) is 11.4 Å². The SMILES string of the molecule is CCc1c(C(=O)Nc2nnc(C(F)(F)F)s2)nn2c1C(=O)N(Cc1ccccc1O)CC2. The Morgan fingerprint density at radius 1 is 1.25 bits per heavy atom. The number of anilines is 1. The molecule has 2 aromatic heterocycles. The van der Waals surface area contributed by atoms with E-state index in [2.05, 4.69) is 20.6 Å². The molecule has 2 N–H and O–H groups in total. The lowest BCUT2D eigenvalue weighted by Crippen LogP contribution is -2.40. The Labute approximate surface area is 183 Å². The average molecular weight is 466 g/mol. The molecule has 32 heavy (non-hydrogen) atoms. The molecule has 1 aliphatic heterocycles. The fraction of sp³-hybridized carbons (Fsp3) is 0.316. The molecule has 13 heteroatoms. The Morgan fingerprint density at radius 2 is 2.00 bits per heavy atom. The van der Waals surface area contributed by atoms with Crippen LogP contribution in [0, 0.1) is 0 Å². The van der Waals surface area contributed by atoms with E-state index in [0.29, 0.717) is 30.6 Å². The second-order valence-electron chi connectivity index (χ2n) is 6.97. The number of aromatic nitrogens is 4. The maximum atomic E-state index is 13.1. The highest BCUT2D eigenvalue weighted by Crippen LogP contribution is 2.33. The summed E-state index contributed by atoms with van der Waals surface area (Å²) in [6.45, 7) is 2.58. The van der Waals surface area contributed by atoms with Crippen LogP contribution in [0.2, 0.25) is 0 Å². The number of phenolic OH excluding ortho intramolecular Hbond substituents is 1. The van der Waals surface area contributed by atoms with E-state index >= 15 is 0 Å². The largest absolute Gasteiger partial charge is 0.508 e. The molecule has 1 aromatic carbocycles. The van der Waals surface area contributed by atoms with E-state index in [-0.39, 0.29) is 46.1 Å². The van der Waals surface area contributed by atoms with Gasteiger partial charge in [-0.05, 0) is 12.5 Å². The van der Waals surface area contributed by atoms with E-state index in [9.17, 15) is 27.9 Å². The number of phenols is 1. The molecule has 0 saturated heterocycles. The Morgan fingerprint density at radius 3 is 2.66 bits per heavy atom. The van der Waals surface area contributed by atoms with Crippen LogP contribution in [0.1, 0.15) is 44.0 Å². The number of aromatic hydroxyl groups is 1. The molecule has 3 aromatic rings. The molecule has 2 amide bonds. The predicted molar refractivity (Wildman–Crippen MR) is 107 cm³/mol. The van der Waals surface area contributed by atoms with Crippen molar-refractivity contribution in [1.29, 1.82) is 0 Å². The second-order valence-corrected chi connectivity index (χ2v) is 7.95. The number of amides is 2. The average Bonchev–Trinajstić information content (AvgIpc) is 3.36. The van der Waals surface area contributed by atoms with Gasteiger partial charge in [0.15, 0.2) is 5.69 Å². The van der Waals surface area contributed by atoms with Crippen molar-refractivity contribution in [1.82, 2.24) is 24.9 Å². The van der Waals surface area contributed by atoms with Gasteiger partial charge in [0.05, 0.1) is 6.54 Å². The quantitative estimate of drug-likeness (QED) is 0.598. The van der Waals surface area contributed by atoms with Gasteiger partial charge in [0.25, 0.3) is 11.8 Å². The molecule has 0 unspecified atom stereocenters. The minimum absolute atomic E-state index is 0.0518. The second kappa shape index (κ2) is 8.22. The van der Waals surface area contributed by atoms with Gasteiger partial charge in [-0.2, -0.15) is 18.3 Å². The molecule has 3 heterocycles. The number of halogens is 3. The van der Waals surface area contributed by atoms with Gasteiger partial charge < -0.3 is 10.0 Å². The molecular formula is C19H17F3N6O3S. The van der Waals surface area contributed by atoms with Crippen LogP contribution >= 0.6 is 11.3 Å². The summed E-state index contributed by atoms with van der Waals surface area (Å²) < 4.78 is 39.6. The van der Waals surface area contributed by atoms with Crippen LogP contribution in [-0.4, -0.2) is 48.3 Å². The van der Waals surface area contributed by atoms with Crippen molar-refractivity contribution >= 4 is 28.3 Å². The predicted octanol–water partition coefficient (Wildman–Crippen LogP) is 2.93. The van der Waals surface area contributed by atoms with Crippen molar-refractivity contribution in [3.8, 4) is 5.75 Å². The van der Waals surface area contributed by atoms with Crippen molar-refractivity contribution in [2.75, 3.05) is 11.9 Å². The molecule has 9 nitrogen and oxygen atoms in total. The lowest BCUT2D eigenvalue weighted by molar-refractivity contribution is -0.138. The summed E-state index contributed by atoms with van der Waals surface area (Å²) in [4.78, 5) is 27.4.